The van der Waals surface area contributed by atoms with Gasteiger partial charge in [-0.25, -0.2) is 4.98 Å². The Morgan fingerprint density at radius 1 is 1.47 bits per heavy atom. The van der Waals surface area contributed by atoms with Crippen molar-refractivity contribution in [2.24, 2.45) is 0 Å². The fourth-order valence-electron chi connectivity index (χ4n) is 2.02. The lowest BCUT2D eigenvalue weighted by Gasteiger charge is -2.30. The number of carbonyl (C=O) groups is 1. The molecule has 0 atom stereocenters. The summed E-state index contributed by atoms with van der Waals surface area (Å²) in [5.74, 6) is -0.750. The Kier molecular flexibility index (Phi) is 6.26. The lowest BCUT2D eigenvalue weighted by atomic mass is 10.0. The Hall–Kier alpha value is -0.620. The molecule has 0 aliphatic carbocycles. The van der Waals surface area contributed by atoms with E-state index in [2.05, 4.69) is 29.7 Å². The molecule has 19 heavy (non-hydrogen) atoms. The fourth-order valence-corrected chi connectivity index (χ4v) is 3.61. The van der Waals surface area contributed by atoms with E-state index in [0.29, 0.717) is 0 Å². The third-order valence-electron chi connectivity index (χ3n) is 3.37. The van der Waals surface area contributed by atoms with Gasteiger partial charge in [-0.05, 0) is 26.0 Å². The molecule has 0 saturated heterocycles. The van der Waals surface area contributed by atoms with Crippen LogP contribution in [-0.2, 0) is 11.3 Å². The van der Waals surface area contributed by atoms with E-state index in [1.807, 2.05) is 24.9 Å². The van der Waals surface area contributed by atoms with E-state index >= 15 is 0 Å². The summed E-state index contributed by atoms with van der Waals surface area (Å²) < 4.78 is 2.30. The first kappa shape index (κ1) is 16.4. The second kappa shape index (κ2) is 7.24. The lowest BCUT2D eigenvalue weighted by Crippen LogP contribution is -2.29. The van der Waals surface area contributed by atoms with E-state index in [9.17, 15) is 4.79 Å². The van der Waals surface area contributed by atoms with Crippen LogP contribution >= 0.6 is 23.5 Å². The van der Waals surface area contributed by atoms with Gasteiger partial charge in [0.05, 0.1) is 11.4 Å². The molecule has 1 N–H and O–H groups in total. The van der Waals surface area contributed by atoms with Crippen LogP contribution in [0.4, 0.5) is 0 Å². The van der Waals surface area contributed by atoms with Gasteiger partial charge < -0.3 is 9.67 Å². The summed E-state index contributed by atoms with van der Waals surface area (Å²) in [6.07, 6.45) is 6.33. The number of hydrogen-bond acceptors (Lipinski definition) is 4. The molecule has 0 aliphatic heterocycles. The summed E-state index contributed by atoms with van der Waals surface area (Å²) in [5, 5.41) is 9.59. The predicted molar refractivity (Wildman–Crippen MR) is 82.2 cm³/mol. The minimum absolute atomic E-state index is 0.0565. The Bertz CT molecular complexity index is 420. The summed E-state index contributed by atoms with van der Waals surface area (Å²) in [4.78, 5) is 15.1. The van der Waals surface area contributed by atoms with Crippen LogP contribution in [0.3, 0.4) is 0 Å². The molecule has 108 valence electrons. The van der Waals surface area contributed by atoms with Crippen molar-refractivity contribution in [3.8, 4) is 0 Å². The van der Waals surface area contributed by atoms with Crippen LogP contribution in [0.5, 0.6) is 0 Å². The van der Waals surface area contributed by atoms with Gasteiger partial charge in [-0.3, -0.25) is 4.79 Å². The molecule has 6 heteroatoms. The number of aryl methyl sites for hydroxylation is 1. The molecule has 0 spiro atoms. The van der Waals surface area contributed by atoms with Crippen LogP contribution in [-0.4, -0.2) is 37.4 Å². The van der Waals surface area contributed by atoms with Crippen molar-refractivity contribution in [2.75, 3.05) is 12.0 Å². The topological polar surface area (TPSA) is 55.1 Å². The van der Waals surface area contributed by atoms with Crippen LogP contribution in [0.15, 0.2) is 11.4 Å². The molecular formula is C13H22N2O2S2. The maximum absolute atomic E-state index is 10.7. The van der Waals surface area contributed by atoms with Crippen LogP contribution in [0.2, 0.25) is 0 Å². The third kappa shape index (κ3) is 4.45. The summed E-state index contributed by atoms with van der Waals surface area (Å²) in [7, 11) is 0. The SMILES string of the molecule is CCC(CC)(Cn1cc(C)nc1SCC(=O)O)SC. The first-order chi connectivity index (χ1) is 8.96. The second-order valence-electron chi connectivity index (χ2n) is 4.57. The first-order valence-electron chi connectivity index (χ1n) is 6.40. The third-order valence-corrected chi connectivity index (χ3v) is 5.91. The number of thioether (sulfide) groups is 2. The molecule has 0 fully saturated rings. The number of carboxylic acids is 1. The van der Waals surface area contributed by atoms with Crippen molar-refractivity contribution < 1.29 is 9.90 Å². The van der Waals surface area contributed by atoms with Gasteiger partial charge in [0.2, 0.25) is 0 Å². The van der Waals surface area contributed by atoms with Crippen molar-refractivity contribution in [2.45, 2.75) is 50.1 Å². The van der Waals surface area contributed by atoms with Crippen molar-refractivity contribution >= 4 is 29.5 Å². The molecule has 0 bridgehead atoms. The second-order valence-corrected chi connectivity index (χ2v) is 6.79. The van der Waals surface area contributed by atoms with Crippen molar-refractivity contribution in [1.29, 1.82) is 0 Å². The van der Waals surface area contributed by atoms with Gasteiger partial charge in [0, 0.05) is 17.5 Å². The molecular weight excluding hydrogens is 280 g/mol. The number of aromatic nitrogens is 2. The molecule has 0 unspecified atom stereocenters. The average Bonchev–Trinajstić information content (AvgIpc) is 2.73. The fraction of sp³-hybridized carbons (Fsp3) is 0.692. The van der Waals surface area contributed by atoms with Crippen LogP contribution in [0, 0.1) is 6.92 Å². The van der Waals surface area contributed by atoms with E-state index in [-0.39, 0.29) is 10.5 Å². The highest BCUT2D eigenvalue weighted by Crippen LogP contribution is 2.33. The largest absolute Gasteiger partial charge is 0.481 e. The smallest absolute Gasteiger partial charge is 0.313 e. The van der Waals surface area contributed by atoms with Gasteiger partial charge in [-0.1, -0.05) is 25.6 Å². The number of hydrogen-bond donors (Lipinski definition) is 1. The van der Waals surface area contributed by atoms with Crippen LogP contribution in [0.25, 0.3) is 0 Å². The monoisotopic (exact) mass is 302 g/mol. The molecule has 0 amide bonds. The molecule has 1 rings (SSSR count). The molecule has 0 aromatic carbocycles. The summed E-state index contributed by atoms with van der Waals surface area (Å²) in [6.45, 7) is 7.23. The highest BCUT2D eigenvalue weighted by Gasteiger charge is 2.26. The summed E-state index contributed by atoms with van der Waals surface area (Å²) in [6, 6.07) is 0. The maximum Gasteiger partial charge on any atom is 0.313 e. The Labute approximate surface area is 123 Å². The number of rotatable bonds is 8. The number of aliphatic carboxylic acids is 1. The van der Waals surface area contributed by atoms with Gasteiger partial charge in [0.25, 0.3) is 0 Å². The van der Waals surface area contributed by atoms with Crippen LogP contribution < -0.4 is 0 Å². The molecule has 4 nitrogen and oxygen atoms in total. The number of carboxylic acid groups (broad SMARTS) is 1. The van der Waals surface area contributed by atoms with E-state index in [1.54, 1.807) is 0 Å². The van der Waals surface area contributed by atoms with Crippen molar-refractivity contribution in [3.05, 3.63) is 11.9 Å². The minimum atomic E-state index is -0.806. The van der Waals surface area contributed by atoms with Gasteiger partial charge in [-0.2, -0.15) is 11.8 Å². The zero-order chi connectivity index (χ0) is 14.5. The van der Waals surface area contributed by atoms with Crippen LogP contribution in [0.1, 0.15) is 32.4 Å². The summed E-state index contributed by atoms with van der Waals surface area (Å²) in [5.41, 5.74) is 0.940. The average molecular weight is 302 g/mol. The molecule has 0 saturated carbocycles. The Balaban J connectivity index is 2.90. The quantitative estimate of drug-likeness (QED) is 0.747. The number of imidazole rings is 1. The highest BCUT2D eigenvalue weighted by molar-refractivity contribution is 8.00. The minimum Gasteiger partial charge on any atom is -0.481 e. The maximum atomic E-state index is 10.7. The van der Waals surface area contributed by atoms with E-state index in [4.69, 9.17) is 5.11 Å². The Morgan fingerprint density at radius 2 is 2.11 bits per heavy atom. The van der Waals surface area contributed by atoms with Crippen molar-refractivity contribution in [3.63, 3.8) is 0 Å². The molecule has 1 aromatic rings. The van der Waals surface area contributed by atoms with E-state index in [0.717, 1.165) is 30.2 Å². The molecule has 1 aromatic heterocycles. The van der Waals surface area contributed by atoms with Crippen molar-refractivity contribution in [1.82, 2.24) is 9.55 Å². The highest BCUT2D eigenvalue weighted by atomic mass is 32.2. The van der Waals surface area contributed by atoms with Gasteiger partial charge in [0.1, 0.15) is 0 Å². The first-order valence-corrected chi connectivity index (χ1v) is 8.61. The number of nitrogens with zero attached hydrogens (tertiary/aromatic N) is 2. The van der Waals surface area contributed by atoms with E-state index < -0.39 is 5.97 Å². The standard InChI is InChI=1S/C13H22N2O2S2/c1-5-13(6-2,18-4)9-15-7-10(3)14-12(15)19-8-11(16)17/h7H,5-6,8-9H2,1-4H3,(H,16,17). The Morgan fingerprint density at radius 3 is 2.58 bits per heavy atom. The zero-order valence-corrected chi connectivity index (χ0v) is 13.6. The van der Waals surface area contributed by atoms with Gasteiger partial charge in [-0.15, -0.1) is 0 Å². The zero-order valence-electron chi connectivity index (χ0n) is 12.0. The molecule has 1 heterocycles. The van der Waals surface area contributed by atoms with Gasteiger partial charge in [0.15, 0.2) is 5.16 Å². The molecule has 0 radical (unpaired) electrons. The van der Waals surface area contributed by atoms with E-state index in [1.165, 1.54) is 11.8 Å². The summed E-state index contributed by atoms with van der Waals surface area (Å²) >= 11 is 3.17. The predicted octanol–water partition coefficient (Wildman–Crippen LogP) is 3.29. The lowest BCUT2D eigenvalue weighted by molar-refractivity contribution is -0.133. The normalized spacial score (nSPS) is 11.8. The molecule has 0 aliphatic rings. The van der Waals surface area contributed by atoms with Gasteiger partial charge >= 0.3 is 5.97 Å².